The summed E-state index contributed by atoms with van der Waals surface area (Å²) in [5, 5.41) is 29.9. The third-order valence-corrected chi connectivity index (χ3v) is 5.73. The van der Waals surface area contributed by atoms with E-state index in [9.17, 15) is 15.8 Å². The van der Waals surface area contributed by atoms with Crippen molar-refractivity contribution in [2.75, 3.05) is 13.2 Å². The fourth-order valence-electron chi connectivity index (χ4n) is 4.51. The van der Waals surface area contributed by atoms with Gasteiger partial charge in [0.15, 0.2) is 16.9 Å². The maximum absolute atomic E-state index is 10.1. The lowest BCUT2D eigenvalue weighted by Gasteiger charge is -2.43. The quantitative estimate of drug-likeness (QED) is 0.812. The maximum atomic E-state index is 10.1. The summed E-state index contributed by atoms with van der Waals surface area (Å²) < 4.78 is 11.4. The minimum absolute atomic E-state index is 0.0474. The molecule has 0 aliphatic heterocycles. The highest BCUT2D eigenvalue weighted by Gasteiger charge is 2.53. The van der Waals surface area contributed by atoms with Crippen LogP contribution in [0.1, 0.15) is 44.6 Å². The molecule has 2 atom stereocenters. The van der Waals surface area contributed by atoms with E-state index in [1.165, 1.54) is 0 Å². The highest BCUT2D eigenvalue weighted by Crippen LogP contribution is 2.56. The summed E-state index contributed by atoms with van der Waals surface area (Å²) in [6.07, 6.45) is 4.61. The van der Waals surface area contributed by atoms with Gasteiger partial charge in [-0.2, -0.15) is 15.8 Å². The molecule has 0 bridgehead atoms. The molecule has 148 valence electrons. The largest absolute Gasteiger partial charge is 0.490 e. The summed E-state index contributed by atoms with van der Waals surface area (Å²) in [7, 11) is 0. The van der Waals surface area contributed by atoms with Gasteiger partial charge in [-0.3, -0.25) is 0 Å². The molecule has 0 fully saturated rings. The van der Waals surface area contributed by atoms with Crippen LogP contribution in [-0.2, 0) is 0 Å². The second-order valence-corrected chi connectivity index (χ2v) is 7.18. The van der Waals surface area contributed by atoms with Crippen LogP contribution < -0.4 is 15.2 Å². The van der Waals surface area contributed by atoms with E-state index in [0.29, 0.717) is 24.7 Å². The first-order valence-electron chi connectivity index (χ1n) is 9.90. The SMILES string of the molecule is CCOc1ccc([C@@H]2[C@H]3CCCC=C3C(C#N)=C(N)C2(C#N)C#N)cc1OCC. The standard InChI is InChI=1S/C23H24N4O2/c1-3-28-19-10-9-15(11-20(19)29-4-2)21-17-8-6-5-7-16(17)18(12-24)22(27)23(21,13-25)14-26/h7,9-11,17,21H,3-6,8,27H2,1-2H3/t17-,21+/m0/s1. The lowest BCUT2D eigenvalue weighted by atomic mass is 9.57. The van der Waals surface area contributed by atoms with Crippen molar-refractivity contribution < 1.29 is 9.47 Å². The number of nitrogens with zero attached hydrogens (tertiary/aromatic N) is 3. The number of ether oxygens (including phenoxy) is 2. The summed E-state index contributed by atoms with van der Waals surface area (Å²) in [6, 6.07) is 12.0. The fraction of sp³-hybridized carbons (Fsp3) is 0.435. The van der Waals surface area contributed by atoms with E-state index in [-0.39, 0.29) is 17.2 Å². The van der Waals surface area contributed by atoms with Crippen molar-refractivity contribution in [1.82, 2.24) is 0 Å². The van der Waals surface area contributed by atoms with Gasteiger partial charge in [0.05, 0.1) is 36.6 Å². The average molecular weight is 388 g/mol. The van der Waals surface area contributed by atoms with Gasteiger partial charge in [0.25, 0.3) is 0 Å². The molecule has 0 heterocycles. The number of benzene rings is 1. The molecule has 29 heavy (non-hydrogen) atoms. The second kappa shape index (κ2) is 8.29. The molecule has 3 rings (SSSR count). The number of nitriles is 3. The van der Waals surface area contributed by atoms with Crippen LogP contribution in [0.25, 0.3) is 0 Å². The normalized spacial score (nSPS) is 22.4. The van der Waals surface area contributed by atoms with Gasteiger partial charge in [-0.1, -0.05) is 12.1 Å². The van der Waals surface area contributed by atoms with Crippen LogP contribution in [0.2, 0.25) is 0 Å². The van der Waals surface area contributed by atoms with Gasteiger partial charge >= 0.3 is 0 Å². The Morgan fingerprint density at radius 1 is 1.10 bits per heavy atom. The van der Waals surface area contributed by atoms with Gasteiger partial charge in [-0.25, -0.2) is 0 Å². The highest BCUT2D eigenvalue weighted by molar-refractivity contribution is 5.60. The monoisotopic (exact) mass is 388 g/mol. The fourth-order valence-corrected chi connectivity index (χ4v) is 4.51. The van der Waals surface area contributed by atoms with Crippen LogP contribution in [-0.4, -0.2) is 13.2 Å². The average Bonchev–Trinajstić information content (AvgIpc) is 2.75. The molecule has 2 aliphatic carbocycles. The predicted octanol–water partition coefficient (Wildman–Crippen LogP) is 4.08. The first kappa shape index (κ1) is 20.3. The van der Waals surface area contributed by atoms with Gasteiger partial charge < -0.3 is 15.2 Å². The van der Waals surface area contributed by atoms with Crippen molar-refractivity contribution >= 4 is 0 Å². The van der Waals surface area contributed by atoms with Crippen LogP contribution in [0.5, 0.6) is 11.5 Å². The van der Waals surface area contributed by atoms with Crippen LogP contribution in [0, 0.1) is 45.3 Å². The molecular weight excluding hydrogens is 364 g/mol. The van der Waals surface area contributed by atoms with Gasteiger partial charge in [0.2, 0.25) is 0 Å². The lowest BCUT2D eigenvalue weighted by Crippen LogP contribution is -2.42. The Balaban J connectivity index is 2.25. The molecule has 1 aromatic carbocycles. The molecule has 0 spiro atoms. The van der Waals surface area contributed by atoms with E-state index in [0.717, 1.165) is 30.4 Å². The Bertz CT molecular complexity index is 974. The van der Waals surface area contributed by atoms with Crippen LogP contribution in [0.4, 0.5) is 0 Å². The lowest BCUT2D eigenvalue weighted by molar-refractivity contribution is 0.284. The molecular formula is C23H24N4O2. The van der Waals surface area contributed by atoms with Crippen molar-refractivity contribution in [3.8, 4) is 29.7 Å². The first-order chi connectivity index (χ1) is 14.1. The number of hydrogen-bond donors (Lipinski definition) is 1. The highest BCUT2D eigenvalue weighted by atomic mass is 16.5. The van der Waals surface area contributed by atoms with Crippen molar-refractivity contribution in [2.45, 2.75) is 39.0 Å². The molecule has 6 nitrogen and oxygen atoms in total. The molecule has 0 amide bonds. The van der Waals surface area contributed by atoms with E-state index in [1.807, 2.05) is 38.1 Å². The molecule has 0 saturated carbocycles. The van der Waals surface area contributed by atoms with Gasteiger partial charge in [0, 0.05) is 5.92 Å². The molecule has 0 unspecified atom stereocenters. The number of nitrogens with two attached hydrogens (primary N) is 1. The van der Waals surface area contributed by atoms with E-state index in [1.54, 1.807) is 0 Å². The zero-order valence-corrected chi connectivity index (χ0v) is 16.7. The number of hydrogen-bond acceptors (Lipinski definition) is 6. The summed E-state index contributed by atoms with van der Waals surface area (Å²) in [5.41, 5.74) is 6.68. The summed E-state index contributed by atoms with van der Waals surface area (Å²) in [5.74, 6) is 0.578. The van der Waals surface area contributed by atoms with E-state index < -0.39 is 11.3 Å². The Kier molecular flexibility index (Phi) is 5.81. The van der Waals surface area contributed by atoms with E-state index in [2.05, 4.69) is 18.2 Å². The van der Waals surface area contributed by atoms with Crippen molar-refractivity contribution in [1.29, 1.82) is 15.8 Å². The second-order valence-electron chi connectivity index (χ2n) is 7.18. The molecule has 2 aliphatic rings. The summed E-state index contributed by atoms with van der Waals surface area (Å²) in [4.78, 5) is 0. The zero-order valence-electron chi connectivity index (χ0n) is 16.7. The Morgan fingerprint density at radius 3 is 2.41 bits per heavy atom. The smallest absolute Gasteiger partial charge is 0.191 e. The third kappa shape index (κ3) is 3.20. The topological polar surface area (TPSA) is 116 Å². The zero-order chi connectivity index (χ0) is 21.0. The molecule has 6 heteroatoms. The van der Waals surface area contributed by atoms with E-state index in [4.69, 9.17) is 15.2 Å². The molecule has 0 aromatic heterocycles. The Labute approximate surface area is 171 Å². The maximum Gasteiger partial charge on any atom is 0.191 e. The molecule has 2 N–H and O–H groups in total. The molecule has 1 aromatic rings. The third-order valence-electron chi connectivity index (χ3n) is 5.73. The Morgan fingerprint density at radius 2 is 1.79 bits per heavy atom. The van der Waals surface area contributed by atoms with Gasteiger partial charge in [0.1, 0.15) is 6.07 Å². The number of fused-ring (bicyclic) bond motifs is 1. The predicted molar refractivity (Wildman–Crippen MR) is 107 cm³/mol. The molecule has 0 saturated heterocycles. The van der Waals surface area contributed by atoms with Crippen LogP contribution >= 0.6 is 0 Å². The van der Waals surface area contributed by atoms with Crippen LogP contribution in [0.3, 0.4) is 0 Å². The van der Waals surface area contributed by atoms with Gasteiger partial charge in [-0.05, 0) is 62.3 Å². The minimum Gasteiger partial charge on any atom is -0.490 e. The Hall–Kier alpha value is -3.43. The van der Waals surface area contributed by atoms with Crippen molar-refractivity contribution in [3.63, 3.8) is 0 Å². The number of rotatable bonds is 5. The number of allylic oxidation sites excluding steroid dienone is 4. The van der Waals surface area contributed by atoms with Crippen molar-refractivity contribution in [2.24, 2.45) is 17.1 Å². The summed E-state index contributed by atoms with van der Waals surface area (Å²) >= 11 is 0. The first-order valence-corrected chi connectivity index (χ1v) is 9.90. The van der Waals surface area contributed by atoms with E-state index >= 15 is 0 Å². The summed E-state index contributed by atoms with van der Waals surface area (Å²) in [6.45, 7) is 4.75. The van der Waals surface area contributed by atoms with Crippen molar-refractivity contribution in [3.05, 3.63) is 46.7 Å². The van der Waals surface area contributed by atoms with Gasteiger partial charge in [-0.15, -0.1) is 0 Å². The molecule has 0 radical (unpaired) electrons. The minimum atomic E-state index is -1.61. The van der Waals surface area contributed by atoms with Crippen LogP contribution in [0.15, 0.2) is 41.1 Å².